The summed E-state index contributed by atoms with van der Waals surface area (Å²) >= 11 is 1.48. The van der Waals surface area contributed by atoms with Crippen molar-refractivity contribution in [1.82, 2.24) is 4.98 Å². The van der Waals surface area contributed by atoms with E-state index in [0.717, 1.165) is 36.8 Å². The van der Waals surface area contributed by atoms with Gasteiger partial charge in [0.05, 0.1) is 25.8 Å². The van der Waals surface area contributed by atoms with E-state index in [0.29, 0.717) is 6.61 Å². The van der Waals surface area contributed by atoms with Gasteiger partial charge in [0.25, 0.3) is 0 Å². The summed E-state index contributed by atoms with van der Waals surface area (Å²) in [5.41, 5.74) is 0.737. The van der Waals surface area contributed by atoms with E-state index >= 15 is 0 Å². The van der Waals surface area contributed by atoms with Crippen LogP contribution in [0.3, 0.4) is 0 Å². The molecule has 1 aromatic rings. The molecule has 5 nitrogen and oxygen atoms in total. The number of methoxy groups -OCH3 is 1. The van der Waals surface area contributed by atoms with Crippen LogP contribution in [0.1, 0.15) is 25.5 Å². The second-order valence-corrected chi connectivity index (χ2v) is 4.65. The Kier molecular flexibility index (Phi) is 7.36. The summed E-state index contributed by atoms with van der Waals surface area (Å²) in [5.74, 6) is -0.269. The van der Waals surface area contributed by atoms with E-state index < -0.39 is 0 Å². The number of esters is 1. The van der Waals surface area contributed by atoms with Crippen molar-refractivity contribution in [2.45, 2.75) is 26.2 Å². The third-order valence-corrected chi connectivity index (χ3v) is 3.12. The van der Waals surface area contributed by atoms with Crippen molar-refractivity contribution in [2.75, 3.05) is 32.2 Å². The third-order valence-electron chi connectivity index (χ3n) is 2.27. The van der Waals surface area contributed by atoms with Crippen molar-refractivity contribution in [3.8, 4) is 0 Å². The first-order chi connectivity index (χ1) is 8.76. The molecule has 0 fully saturated rings. The lowest BCUT2D eigenvalue weighted by molar-refractivity contribution is -0.139. The van der Waals surface area contributed by atoms with E-state index in [-0.39, 0.29) is 12.4 Å². The van der Waals surface area contributed by atoms with Gasteiger partial charge in [-0.3, -0.25) is 4.79 Å². The molecule has 6 heteroatoms. The van der Waals surface area contributed by atoms with Crippen molar-refractivity contribution < 1.29 is 14.3 Å². The smallest absolute Gasteiger partial charge is 0.311 e. The first kappa shape index (κ1) is 14.9. The van der Waals surface area contributed by atoms with Crippen LogP contribution < -0.4 is 5.32 Å². The number of unbranched alkanes of at least 4 members (excludes halogenated alkanes) is 1. The Hall–Kier alpha value is -1.14. The van der Waals surface area contributed by atoms with Crippen molar-refractivity contribution in [1.29, 1.82) is 0 Å². The molecule has 1 heterocycles. The molecule has 102 valence electrons. The molecule has 0 amide bonds. The van der Waals surface area contributed by atoms with Gasteiger partial charge in [0, 0.05) is 18.5 Å². The minimum Gasteiger partial charge on any atom is -0.469 e. The van der Waals surface area contributed by atoms with E-state index in [1.807, 2.05) is 5.38 Å². The molecule has 1 rings (SSSR count). The van der Waals surface area contributed by atoms with Crippen LogP contribution in [0.15, 0.2) is 5.38 Å². The van der Waals surface area contributed by atoms with E-state index in [4.69, 9.17) is 4.74 Å². The highest BCUT2D eigenvalue weighted by Gasteiger charge is 2.06. The average Bonchev–Trinajstić information content (AvgIpc) is 2.81. The van der Waals surface area contributed by atoms with E-state index in [1.54, 1.807) is 0 Å². The molecule has 0 atom stereocenters. The van der Waals surface area contributed by atoms with Crippen LogP contribution in [0.25, 0.3) is 0 Å². The molecule has 0 aromatic carbocycles. The van der Waals surface area contributed by atoms with E-state index in [9.17, 15) is 4.79 Å². The molecule has 0 aliphatic heterocycles. The average molecular weight is 272 g/mol. The van der Waals surface area contributed by atoms with Crippen molar-refractivity contribution in [3.05, 3.63) is 11.1 Å². The predicted molar refractivity (Wildman–Crippen MR) is 72.1 cm³/mol. The van der Waals surface area contributed by atoms with Gasteiger partial charge in [-0.05, 0) is 6.42 Å². The molecule has 1 aromatic heterocycles. The second kappa shape index (κ2) is 8.88. The number of aromatic nitrogens is 1. The van der Waals surface area contributed by atoms with Crippen LogP contribution in [0.4, 0.5) is 5.13 Å². The number of hydrogen-bond donors (Lipinski definition) is 1. The number of ether oxygens (including phenoxy) is 2. The summed E-state index contributed by atoms with van der Waals surface area (Å²) in [6.45, 7) is 4.35. The van der Waals surface area contributed by atoms with Crippen LogP contribution in [-0.4, -0.2) is 37.8 Å². The SMILES string of the molecule is CCCCOCCNc1nc(CC(=O)OC)cs1. The highest BCUT2D eigenvalue weighted by molar-refractivity contribution is 7.13. The molecule has 0 bridgehead atoms. The van der Waals surface area contributed by atoms with Gasteiger partial charge < -0.3 is 14.8 Å². The molecule has 0 aliphatic rings. The Morgan fingerprint density at radius 1 is 1.50 bits per heavy atom. The molecule has 0 saturated carbocycles. The minimum atomic E-state index is -0.269. The van der Waals surface area contributed by atoms with Gasteiger partial charge in [0.1, 0.15) is 0 Å². The molecule has 0 saturated heterocycles. The van der Waals surface area contributed by atoms with Crippen LogP contribution in [0.5, 0.6) is 0 Å². The fourth-order valence-electron chi connectivity index (χ4n) is 1.27. The minimum absolute atomic E-state index is 0.224. The Balaban J connectivity index is 2.17. The number of carbonyl (C=O) groups is 1. The van der Waals surface area contributed by atoms with E-state index in [2.05, 4.69) is 22.0 Å². The fraction of sp³-hybridized carbons (Fsp3) is 0.667. The maximum absolute atomic E-state index is 11.1. The van der Waals surface area contributed by atoms with Gasteiger partial charge >= 0.3 is 5.97 Å². The van der Waals surface area contributed by atoms with Crippen molar-refractivity contribution in [3.63, 3.8) is 0 Å². The van der Waals surface area contributed by atoms with Crippen LogP contribution in [0.2, 0.25) is 0 Å². The number of hydrogen-bond acceptors (Lipinski definition) is 6. The maximum Gasteiger partial charge on any atom is 0.311 e. The summed E-state index contributed by atoms with van der Waals surface area (Å²) in [5, 5.41) is 5.83. The van der Waals surface area contributed by atoms with Gasteiger partial charge in [0.15, 0.2) is 5.13 Å². The highest BCUT2D eigenvalue weighted by Crippen LogP contribution is 2.15. The van der Waals surface area contributed by atoms with Crippen molar-refractivity contribution in [2.24, 2.45) is 0 Å². The molecular weight excluding hydrogens is 252 g/mol. The lowest BCUT2D eigenvalue weighted by Crippen LogP contribution is -2.10. The fourth-order valence-corrected chi connectivity index (χ4v) is 2.01. The Bertz CT molecular complexity index is 355. The highest BCUT2D eigenvalue weighted by atomic mass is 32.1. The quantitative estimate of drug-likeness (QED) is 0.551. The maximum atomic E-state index is 11.1. The topological polar surface area (TPSA) is 60.5 Å². The predicted octanol–water partition coefficient (Wildman–Crippen LogP) is 2.09. The molecule has 0 aliphatic carbocycles. The van der Waals surface area contributed by atoms with Crippen molar-refractivity contribution >= 4 is 22.4 Å². The zero-order valence-electron chi connectivity index (χ0n) is 10.9. The molecular formula is C12H20N2O3S. The Morgan fingerprint density at radius 2 is 2.33 bits per heavy atom. The summed E-state index contributed by atoms with van der Waals surface area (Å²) in [6, 6.07) is 0. The summed E-state index contributed by atoms with van der Waals surface area (Å²) in [6.07, 6.45) is 2.47. The number of rotatable bonds is 9. The number of thiazole rings is 1. The van der Waals surface area contributed by atoms with Gasteiger partial charge in [-0.2, -0.15) is 0 Å². The Labute approximate surface area is 112 Å². The Morgan fingerprint density at radius 3 is 3.06 bits per heavy atom. The molecule has 18 heavy (non-hydrogen) atoms. The zero-order valence-corrected chi connectivity index (χ0v) is 11.7. The lowest BCUT2D eigenvalue weighted by Gasteiger charge is -2.03. The van der Waals surface area contributed by atoms with Gasteiger partial charge in [0.2, 0.25) is 0 Å². The van der Waals surface area contributed by atoms with Gasteiger partial charge in [-0.15, -0.1) is 11.3 Å². The molecule has 0 radical (unpaired) electrons. The van der Waals surface area contributed by atoms with Crippen LogP contribution in [0, 0.1) is 0 Å². The second-order valence-electron chi connectivity index (χ2n) is 3.79. The summed E-state index contributed by atoms with van der Waals surface area (Å²) < 4.78 is 10.0. The normalized spacial score (nSPS) is 10.3. The first-order valence-electron chi connectivity index (χ1n) is 6.09. The number of anilines is 1. The molecule has 0 unspecified atom stereocenters. The number of carbonyl (C=O) groups excluding carboxylic acids is 1. The van der Waals surface area contributed by atoms with Gasteiger partial charge in [-0.25, -0.2) is 4.98 Å². The standard InChI is InChI=1S/C12H20N2O3S/c1-3-4-6-17-7-5-13-12-14-10(9-18-12)8-11(15)16-2/h9H,3-8H2,1-2H3,(H,13,14). The monoisotopic (exact) mass is 272 g/mol. The van der Waals surface area contributed by atoms with Crippen LogP contribution >= 0.6 is 11.3 Å². The number of nitrogens with one attached hydrogen (secondary N) is 1. The number of nitrogens with zero attached hydrogens (tertiary/aromatic N) is 1. The van der Waals surface area contributed by atoms with Gasteiger partial charge in [-0.1, -0.05) is 13.3 Å². The largest absolute Gasteiger partial charge is 0.469 e. The molecule has 1 N–H and O–H groups in total. The van der Waals surface area contributed by atoms with E-state index in [1.165, 1.54) is 18.4 Å². The van der Waals surface area contributed by atoms with Crippen LogP contribution in [-0.2, 0) is 20.7 Å². The lowest BCUT2D eigenvalue weighted by atomic mass is 10.3. The third kappa shape index (κ3) is 5.97. The first-order valence-corrected chi connectivity index (χ1v) is 6.97. The molecule has 0 spiro atoms. The summed E-state index contributed by atoms with van der Waals surface area (Å²) in [4.78, 5) is 15.3. The zero-order chi connectivity index (χ0) is 13.2. The summed E-state index contributed by atoms with van der Waals surface area (Å²) in [7, 11) is 1.38.